The quantitative estimate of drug-likeness (QED) is 0.0825. The maximum atomic E-state index is 12.7. The first kappa shape index (κ1) is 28.8. The lowest BCUT2D eigenvalue weighted by molar-refractivity contribution is -0.150. The van der Waals surface area contributed by atoms with Crippen molar-refractivity contribution in [2.24, 2.45) is 5.16 Å². The number of carboxylic acids is 1. The van der Waals surface area contributed by atoms with Gasteiger partial charge in [-0.15, -0.1) is 23.1 Å². The second kappa shape index (κ2) is 11.7. The van der Waals surface area contributed by atoms with Crippen LogP contribution in [0.15, 0.2) is 21.8 Å². The van der Waals surface area contributed by atoms with Gasteiger partial charge in [0.2, 0.25) is 3.79 Å². The van der Waals surface area contributed by atoms with Gasteiger partial charge in [0.25, 0.3) is 11.8 Å². The maximum absolute atomic E-state index is 12.7. The molecule has 0 aromatic carbocycles. The zero-order valence-electron chi connectivity index (χ0n) is 18.4. The summed E-state index contributed by atoms with van der Waals surface area (Å²) in [6.07, 6.45) is -0.996. The predicted octanol–water partition coefficient (Wildman–Crippen LogP) is 1.54. The van der Waals surface area contributed by atoms with E-state index in [1.165, 1.54) is 12.3 Å². The maximum Gasteiger partial charge on any atom is 0.413 e. The van der Waals surface area contributed by atoms with Crippen molar-refractivity contribution < 1.29 is 43.8 Å². The van der Waals surface area contributed by atoms with Crippen molar-refractivity contribution in [3.8, 4) is 0 Å². The van der Waals surface area contributed by atoms with Gasteiger partial charge in [-0.3, -0.25) is 24.6 Å². The van der Waals surface area contributed by atoms with Gasteiger partial charge in [-0.05, 0) is 0 Å². The highest BCUT2D eigenvalue weighted by molar-refractivity contribution is 8.00. The Bertz CT molecular complexity index is 1200. The van der Waals surface area contributed by atoms with Crippen LogP contribution in [-0.2, 0) is 28.7 Å². The molecule has 2 atom stereocenters. The number of aromatic nitrogens is 1. The van der Waals surface area contributed by atoms with Crippen molar-refractivity contribution in [1.29, 1.82) is 0 Å². The number of fused-ring (bicyclic) bond motifs is 1. The highest BCUT2D eigenvalue weighted by Crippen LogP contribution is 2.40. The number of anilines is 1. The van der Waals surface area contributed by atoms with E-state index in [2.05, 4.69) is 20.8 Å². The Balaban J connectivity index is 1.65. The lowest BCUT2D eigenvalue weighted by atomic mass is 10.0. The number of nitrogens with one attached hydrogen (secondary N) is 2. The zero-order valence-corrected chi connectivity index (χ0v) is 22.3. The van der Waals surface area contributed by atoms with Gasteiger partial charge in [0.05, 0.1) is 0 Å². The minimum Gasteiger partial charge on any atom is -0.477 e. The van der Waals surface area contributed by atoms with Crippen LogP contribution in [0.5, 0.6) is 0 Å². The van der Waals surface area contributed by atoms with E-state index in [4.69, 9.17) is 44.3 Å². The van der Waals surface area contributed by atoms with E-state index < -0.39 is 57.4 Å². The summed E-state index contributed by atoms with van der Waals surface area (Å²) in [5, 5.41) is 27.0. The molecule has 1 saturated heterocycles. The largest absolute Gasteiger partial charge is 0.477 e. The number of ether oxygens (including phenoxy) is 2. The van der Waals surface area contributed by atoms with Crippen LogP contribution >= 0.6 is 57.9 Å². The number of oxime groups is 1. The molecule has 3 heterocycles. The molecule has 0 aliphatic carbocycles. The summed E-state index contributed by atoms with van der Waals surface area (Å²) in [7, 11) is 0. The second-order valence-corrected chi connectivity index (χ2v) is 11.7. The Labute approximate surface area is 230 Å². The average Bonchev–Trinajstić information content (AvgIpc) is 3.26. The number of hydrogen-bond donors (Lipinski definition) is 4. The number of thiazole rings is 1. The SMILES string of the molecule is CC(=O)OCC1=C(C(=O)O)N2C(=O)[C@@H](NC(=O)C(=NO)c3csc(NC(=O)OCC(Cl)(Cl)Cl)n3)[C@H]2SC1. The number of nitrogens with zero attached hydrogens (tertiary/aromatic N) is 3. The molecule has 2 aliphatic heterocycles. The summed E-state index contributed by atoms with van der Waals surface area (Å²) in [6.45, 7) is 0.334. The van der Waals surface area contributed by atoms with E-state index in [1.54, 1.807) is 0 Å². The number of amides is 3. The Kier molecular flexibility index (Phi) is 9.12. The van der Waals surface area contributed by atoms with Gasteiger partial charge >= 0.3 is 18.0 Å². The number of halogens is 3. The fraction of sp³-hybridized carbons (Fsp3) is 0.389. The first-order chi connectivity index (χ1) is 17.3. The summed E-state index contributed by atoms with van der Waals surface area (Å²) < 4.78 is 7.74. The van der Waals surface area contributed by atoms with Crippen LogP contribution in [0.25, 0.3) is 0 Å². The molecule has 0 bridgehead atoms. The normalized spacial score (nSPS) is 19.5. The second-order valence-electron chi connectivity index (χ2n) is 7.20. The lowest BCUT2D eigenvalue weighted by Crippen LogP contribution is -2.71. The van der Waals surface area contributed by atoms with Gasteiger partial charge in [-0.1, -0.05) is 40.0 Å². The number of thioether (sulfide) groups is 1. The number of β-lactam (4-membered cyclic amide) rings is 1. The fourth-order valence-electron chi connectivity index (χ4n) is 3.12. The third-order valence-electron chi connectivity index (χ3n) is 4.62. The Morgan fingerprint density at radius 1 is 1.30 bits per heavy atom. The number of alkyl halides is 3. The molecule has 0 unspecified atom stereocenters. The third-order valence-corrected chi connectivity index (χ3v) is 7.05. The monoisotopic (exact) mass is 615 g/mol. The van der Waals surface area contributed by atoms with E-state index in [-0.39, 0.29) is 34.5 Å². The smallest absolute Gasteiger partial charge is 0.413 e. The lowest BCUT2D eigenvalue weighted by Gasteiger charge is -2.49. The number of carbonyl (C=O) groups excluding carboxylic acids is 4. The van der Waals surface area contributed by atoms with Gasteiger partial charge in [0.1, 0.15) is 36.0 Å². The topological polar surface area (TPSA) is 197 Å². The van der Waals surface area contributed by atoms with Gasteiger partial charge in [0.15, 0.2) is 10.8 Å². The molecule has 37 heavy (non-hydrogen) atoms. The van der Waals surface area contributed by atoms with Crippen LogP contribution in [0.3, 0.4) is 0 Å². The standard InChI is InChI=1S/C18H16Cl3N5O9S2/c1-6(27)34-2-7-3-36-14-10(13(29)26(14)11(7)15(30)31)23-12(28)9(25-33)8-4-37-16(22-8)24-17(32)35-5-18(19,20)21/h4,10,14,33H,2-3,5H2,1H3,(H,23,28)(H,30,31)(H,22,24,32)/t10-,14-/m1/s1. The Hall–Kier alpha value is -2.79. The summed E-state index contributed by atoms with van der Waals surface area (Å²) in [6, 6.07) is -1.13. The van der Waals surface area contributed by atoms with Crippen LogP contribution in [0.4, 0.5) is 9.93 Å². The number of rotatable bonds is 8. The van der Waals surface area contributed by atoms with Crippen molar-refractivity contribution in [1.82, 2.24) is 15.2 Å². The van der Waals surface area contributed by atoms with Crippen molar-refractivity contribution in [2.45, 2.75) is 22.1 Å². The number of esters is 1. The van der Waals surface area contributed by atoms with E-state index >= 15 is 0 Å². The third kappa shape index (κ3) is 6.95. The molecule has 200 valence electrons. The first-order valence-electron chi connectivity index (χ1n) is 9.85. The Morgan fingerprint density at radius 2 is 2.00 bits per heavy atom. The number of carboxylic acid groups (broad SMARTS) is 1. The number of carbonyl (C=O) groups is 5. The molecule has 0 saturated carbocycles. The van der Waals surface area contributed by atoms with Crippen molar-refractivity contribution in [3.63, 3.8) is 0 Å². The summed E-state index contributed by atoms with van der Waals surface area (Å²) in [5.74, 6) is -3.58. The highest BCUT2D eigenvalue weighted by atomic mass is 35.6. The molecule has 14 nitrogen and oxygen atoms in total. The molecule has 1 fully saturated rings. The zero-order chi connectivity index (χ0) is 27.5. The number of hydrogen-bond acceptors (Lipinski definition) is 12. The summed E-state index contributed by atoms with van der Waals surface area (Å²) in [4.78, 5) is 65.0. The van der Waals surface area contributed by atoms with E-state index in [0.717, 1.165) is 28.0 Å². The highest BCUT2D eigenvalue weighted by Gasteiger charge is 2.54. The van der Waals surface area contributed by atoms with Crippen LogP contribution < -0.4 is 10.6 Å². The molecular weight excluding hydrogens is 601 g/mol. The van der Waals surface area contributed by atoms with Gasteiger partial charge in [0, 0.05) is 23.6 Å². The summed E-state index contributed by atoms with van der Waals surface area (Å²) >= 11 is 18.5. The molecule has 0 spiro atoms. The molecule has 2 aliphatic rings. The fourth-order valence-corrected chi connectivity index (χ4v) is 5.29. The predicted molar refractivity (Wildman–Crippen MR) is 132 cm³/mol. The molecule has 1 aromatic heterocycles. The minimum absolute atomic E-state index is 0.0384. The molecule has 4 N–H and O–H groups in total. The molecule has 3 rings (SSSR count). The summed E-state index contributed by atoms with van der Waals surface area (Å²) in [5.41, 5.74) is -0.810. The van der Waals surface area contributed by atoms with E-state index in [0.29, 0.717) is 0 Å². The average molecular weight is 617 g/mol. The molecule has 0 radical (unpaired) electrons. The van der Waals surface area contributed by atoms with Gasteiger partial charge in [-0.25, -0.2) is 14.6 Å². The van der Waals surface area contributed by atoms with Crippen LogP contribution in [0, 0.1) is 0 Å². The molecular formula is C18H16Cl3N5O9S2. The van der Waals surface area contributed by atoms with Gasteiger partial charge < -0.3 is 25.1 Å². The van der Waals surface area contributed by atoms with Crippen LogP contribution in [-0.4, -0.2) is 89.9 Å². The molecule has 3 amide bonds. The van der Waals surface area contributed by atoms with Crippen molar-refractivity contribution in [2.75, 3.05) is 24.3 Å². The van der Waals surface area contributed by atoms with Crippen LogP contribution in [0.1, 0.15) is 12.6 Å². The van der Waals surface area contributed by atoms with Gasteiger partial charge in [-0.2, -0.15) is 0 Å². The number of aliphatic carboxylic acids is 1. The molecule has 19 heteroatoms. The first-order valence-corrected chi connectivity index (χ1v) is 12.9. The molecule has 1 aromatic rings. The van der Waals surface area contributed by atoms with Crippen LogP contribution in [0.2, 0.25) is 0 Å². The van der Waals surface area contributed by atoms with Crippen molar-refractivity contribution >= 4 is 98.6 Å². The minimum atomic E-state index is -1.82. The van der Waals surface area contributed by atoms with Crippen molar-refractivity contribution in [3.05, 3.63) is 22.3 Å². The van der Waals surface area contributed by atoms with E-state index in [1.807, 2.05) is 0 Å². The Morgan fingerprint density at radius 3 is 2.59 bits per heavy atom. The van der Waals surface area contributed by atoms with E-state index in [9.17, 15) is 34.3 Å².